The van der Waals surface area contributed by atoms with Crippen LogP contribution in [0.25, 0.3) is 21.9 Å². The summed E-state index contributed by atoms with van der Waals surface area (Å²) in [5, 5.41) is 33.4. The Morgan fingerprint density at radius 3 is 1.67 bits per heavy atom. The van der Waals surface area contributed by atoms with E-state index in [1.165, 1.54) is 24.3 Å². The van der Waals surface area contributed by atoms with Crippen LogP contribution in [0.3, 0.4) is 0 Å². The van der Waals surface area contributed by atoms with E-state index in [0.717, 1.165) is 105 Å². The van der Waals surface area contributed by atoms with Crippen molar-refractivity contribution in [3.8, 4) is 0 Å². The summed E-state index contributed by atoms with van der Waals surface area (Å²) in [6.45, 7) is 9.60. The van der Waals surface area contributed by atoms with Crippen molar-refractivity contribution < 1.29 is 28.0 Å². The molecule has 14 nitrogen and oxygen atoms in total. The highest BCUT2D eigenvalue weighted by atomic mass is 35.5. The van der Waals surface area contributed by atoms with E-state index in [2.05, 4.69) is 30.5 Å². The molecule has 2 aromatic carbocycles. The Morgan fingerprint density at radius 2 is 1.17 bits per heavy atom. The van der Waals surface area contributed by atoms with E-state index in [4.69, 9.17) is 20.6 Å². The molecule has 4 aromatic heterocycles. The molecule has 17 heteroatoms. The first-order valence-electron chi connectivity index (χ1n) is 22.2. The van der Waals surface area contributed by atoms with Crippen molar-refractivity contribution in [2.75, 3.05) is 38.6 Å². The molecule has 0 amide bonds. The molecule has 10 rings (SSSR count). The minimum absolute atomic E-state index is 0.00237. The number of fused-ring (bicyclic) bond motifs is 4. The summed E-state index contributed by atoms with van der Waals surface area (Å²) in [4.78, 5) is 36.3. The molecule has 8 heterocycles. The lowest BCUT2D eigenvalue weighted by Gasteiger charge is -2.31. The summed E-state index contributed by atoms with van der Waals surface area (Å²) in [5.74, 6) is 1.57. The van der Waals surface area contributed by atoms with Crippen molar-refractivity contribution in [3.63, 3.8) is 0 Å². The third-order valence-electron chi connectivity index (χ3n) is 13.0. The Hall–Kier alpha value is -4.87. The normalized spacial score (nSPS) is 19.5. The molecular weight excluding hydrogens is 834 g/mol. The fraction of sp³-hybridized carbons (Fsp3) is 0.522. The maximum Gasteiger partial charge on any atom is 0.257 e. The van der Waals surface area contributed by atoms with E-state index in [0.29, 0.717) is 90.6 Å². The highest BCUT2D eigenvalue weighted by Crippen LogP contribution is 2.34. The minimum atomic E-state index is -0.641. The average Bonchev–Trinajstić information content (AvgIpc) is 3.91. The number of hydrogen-bond acceptors (Lipinski definition) is 12. The summed E-state index contributed by atoms with van der Waals surface area (Å²) >= 11 is 5.67. The second-order valence-electron chi connectivity index (χ2n) is 17.0. The zero-order chi connectivity index (χ0) is 44.2. The van der Waals surface area contributed by atoms with Gasteiger partial charge in [-0.3, -0.25) is 18.7 Å². The molecule has 3 N–H and O–H groups in total. The van der Waals surface area contributed by atoms with Gasteiger partial charge in [0, 0.05) is 82.8 Å². The monoisotopic (exact) mass is 888 g/mol. The molecular formula is C46H55ClF2N8O6. The van der Waals surface area contributed by atoms with Crippen molar-refractivity contribution in [2.45, 2.75) is 115 Å². The number of likely N-dealkylation sites (tertiary alicyclic amines) is 1. The van der Waals surface area contributed by atoms with Crippen LogP contribution in [0.15, 0.2) is 55.0 Å². The van der Waals surface area contributed by atoms with Crippen LogP contribution in [0.1, 0.15) is 121 Å². The van der Waals surface area contributed by atoms with Crippen LogP contribution in [0, 0.1) is 25.5 Å². The van der Waals surface area contributed by atoms with E-state index in [1.54, 1.807) is 28.2 Å². The lowest BCUT2D eigenvalue weighted by Crippen LogP contribution is -2.37. The molecule has 2 fully saturated rings. The van der Waals surface area contributed by atoms with Crippen LogP contribution in [0.2, 0.25) is 0 Å². The van der Waals surface area contributed by atoms with Gasteiger partial charge >= 0.3 is 0 Å². The van der Waals surface area contributed by atoms with Crippen molar-refractivity contribution in [1.29, 1.82) is 0 Å². The lowest BCUT2D eigenvalue weighted by molar-refractivity contribution is 0.129. The number of alkyl halides is 1. The Labute approximate surface area is 368 Å². The average molecular weight is 889 g/mol. The quantitative estimate of drug-likeness (QED) is 0.145. The molecule has 336 valence electrons. The maximum atomic E-state index is 13.4. The van der Waals surface area contributed by atoms with Gasteiger partial charge in [-0.1, -0.05) is 10.3 Å². The molecule has 2 atom stereocenters. The summed E-state index contributed by atoms with van der Waals surface area (Å²) in [5.41, 5.74) is 5.76. The first kappa shape index (κ1) is 44.7. The van der Waals surface area contributed by atoms with E-state index in [9.17, 15) is 28.6 Å². The number of hydrogen-bond donors (Lipinski definition) is 3. The van der Waals surface area contributed by atoms with Gasteiger partial charge in [-0.2, -0.15) is 0 Å². The highest BCUT2D eigenvalue weighted by Gasteiger charge is 2.28. The Kier molecular flexibility index (Phi) is 14.1. The molecule has 63 heavy (non-hydrogen) atoms. The Balaban J connectivity index is 0.000000143. The fourth-order valence-corrected chi connectivity index (χ4v) is 9.63. The van der Waals surface area contributed by atoms with Crippen LogP contribution in [0.5, 0.6) is 0 Å². The summed E-state index contributed by atoms with van der Waals surface area (Å²) in [6.07, 6.45) is 6.95. The Morgan fingerprint density at radius 1 is 0.698 bits per heavy atom. The van der Waals surface area contributed by atoms with Gasteiger partial charge < -0.3 is 29.5 Å². The number of rotatable bonds is 7. The number of aromatic nitrogens is 6. The standard InChI is InChI=1S/C23H27FN4O3.C12H13FN2O.C11H15ClN2O2/c1-14-17(23(30)28-9-2-3-19(29)22(28)25-14)8-12-27-10-6-15(7-11-27)21-18-5-4-16(24)13-20(18)31-26-21;13-9-1-2-10-11(7-9)16-15-12(10)8-3-5-14-6-4-8;1-7-8(4-5-12)11(16)14-6-2-3-9(15)10(14)13-7/h4-5,13,15,19,29H,2-3,6-12H2,1H3;1-2,7-8,14H,3-6H2;9,15H,2-6H2,1H3. The topological polar surface area (TPSA) is 178 Å². The second-order valence-corrected chi connectivity index (χ2v) is 17.4. The van der Waals surface area contributed by atoms with Crippen molar-refractivity contribution in [1.82, 2.24) is 39.6 Å². The van der Waals surface area contributed by atoms with Gasteiger partial charge in [0.25, 0.3) is 11.1 Å². The van der Waals surface area contributed by atoms with Gasteiger partial charge in [0.1, 0.15) is 35.5 Å². The third kappa shape index (κ3) is 9.80. The SMILES string of the molecule is Cc1nc2n(c(=O)c1CCCl)CCCC2O.Cc1nc2n(c(=O)c1CCN1CCC(c3noc4cc(F)ccc34)CC1)CCCC2O.Fc1ccc2c(C3CCNCC3)noc2c1. The van der Waals surface area contributed by atoms with Crippen molar-refractivity contribution >= 4 is 33.5 Å². The van der Waals surface area contributed by atoms with Crippen LogP contribution >= 0.6 is 11.6 Å². The Bertz CT molecular complexity index is 2670. The zero-order valence-corrected chi connectivity index (χ0v) is 36.5. The van der Waals surface area contributed by atoms with Crippen LogP contribution in [-0.4, -0.2) is 83.1 Å². The highest BCUT2D eigenvalue weighted by molar-refractivity contribution is 6.18. The fourth-order valence-electron chi connectivity index (χ4n) is 9.44. The molecule has 0 spiro atoms. The van der Waals surface area contributed by atoms with Crippen molar-refractivity contribution in [3.05, 3.63) is 114 Å². The first-order chi connectivity index (χ1) is 30.5. The predicted molar refractivity (Wildman–Crippen MR) is 234 cm³/mol. The molecule has 2 saturated heterocycles. The zero-order valence-electron chi connectivity index (χ0n) is 35.8. The number of nitrogens with one attached hydrogen (secondary N) is 1. The van der Waals surface area contributed by atoms with E-state index in [-0.39, 0.29) is 22.8 Å². The summed E-state index contributed by atoms with van der Waals surface area (Å²) in [6, 6.07) is 9.20. The number of benzene rings is 2. The molecule has 0 saturated carbocycles. The predicted octanol–water partition coefficient (Wildman–Crippen LogP) is 6.68. The van der Waals surface area contributed by atoms with Crippen LogP contribution < -0.4 is 16.4 Å². The number of piperidine rings is 2. The van der Waals surface area contributed by atoms with Crippen LogP contribution in [0.4, 0.5) is 8.78 Å². The molecule has 0 aliphatic carbocycles. The number of aliphatic hydroxyl groups excluding tert-OH is 2. The van der Waals surface area contributed by atoms with Gasteiger partial charge in [0.2, 0.25) is 0 Å². The van der Waals surface area contributed by atoms with Crippen LogP contribution in [-0.2, 0) is 25.9 Å². The lowest BCUT2D eigenvalue weighted by atomic mass is 9.91. The smallest absolute Gasteiger partial charge is 0.257 e. The molecule has 4 aliphatic rings. The maximum absolute atomic E-state index is 13.4. The van der Waals surface area contributed by atoms with Gasteiger partial charge in [-0.15, -0.1) is 11.6 Å². The number of aryl methyl sites for hydroxylation is 2. The van der Waals surface area contributed by atoms with E-state index in [1.807, 2.05) is 6.92 Å². The molecule has 2 unspecified atom stereocenters. The summed E-state index contributed by atoms with van der Waals surface area (Å²) < 4.78 is 40.1. The second kappa shape index (κ2) is 19.9. The summed E-state index contributed by atoms with van der Waals surface area (Å²) in [7, 11) is 0. The van der Waals surface area contributed by atoms with Gasteiger partial charge in [-0.05, 0) is 129 Å². The number of aliphatic hydroxyl groups is 2. The van der Waals surface area contributed by atoms with E-state index >= 15 is 0 Å². The molecule has 0 bridgehead atoms. The number of nitrogens with zero attached hydrogens (tertiary/aromatic N) is 7. The van der Waals surface area contributed by atoms with Gasteiger partial charge in [-0.25, -0.2) is 18.7 Å². The minimum Gasteiger partial charge on any atom is -0.385 e. The van der Waals surface area contributed by atoms with E-state index < -0.39 is 12.2 Å². The molecule has 6 aromatic rings. The first-order valence-corrected chi connectivity index (χ1v) is 22.7. The van der Waals surface area contributed by atoms with Gasteiger partial charge in [0.15, 0.2) is 11.2 Å². The van der Waals surface area contributed by atoms with Gasteiger partial charge in [0.05, 0.1) is 11.4 Å². The largest absolute Gasteiger partial charge is 0.385 e. The number of halogens is 3. The third-order valence-corrected chi connectivity index (χ3v) is 13.1. The molecule has 0 radical (unpaired) electrons. The molecule has 4 aliphatic heterocycles. The van der Waals surface area contributed by atoms with Crippen molar-refractivity contribution in [2.24, 2.45) is 0 Å².